The van der Waals surface area contributed by atoms with Crippen LogP contribution < -0.4 is 0 Å². The SMILES string of the molecule is Cc1ccc2nc[nH]c2c1F. The van der Waals surface area contributed by atoms with Gasteiger partial charge >= 0.3 is 0 Å². The lowest BCUT2D eigenvalue weighted by atomic mass is 10.2. The second-order valence-electron chi connectivity index (χ2n) is 2.49. The molecule has 1 aromatic carbocycles. The average molecular weight is 150 g/mol. The number of H-pyrrole nitrogens is 1. The summed E-state index contributed by atoms with van der Waals surface area (Å²) in [6.45, 7) is 1.73. The molecule has 1 aromatic heterocycles. The Balaban J connectivity index is 2.93. The number of nitrogens with one attached hydrogen (secondary N) is 1. The number of aromatic nitrogens is 2. The topological polar surface area (TPSA) is 28.7 Å². The van der Waals surface area contributed by atoms with Crippen molar-refractivity contribution in [1.29, 1.82) is 0 Å². The lowest BCUT2D eigenvalue weighted by Crippen LogP contribution is -1.82. The standard InChI is InChI=1S/C8H7FN2/c1-5-2-3-6-8(7(5)9)11-4-10-6/h2-4H,1H3,(H,10,11). The molecular weight excluding hydrogens is 143 g/mol. The first kappa shape index (κ1) is 6.34. The van der Waals surface area contributed by atoms with Crippen LogP contribution in [0.5, 0.6) is 0 Å². The van der Waals surface area contributed by atoms with E-state index in [4.69, 9.17) is 0 Å². The molecule has 2 rings (SSSR count). The summed E-state index contributed by atoms with van der Waals surface area (Å²) in [5.41, 5.74) is 1.81. The Labute approximate surface area is 63.1 Å². The predicted molar refractivity (Wildman–Crippen MR) is 40.8 cm³/mol. The first-order valence-corrected chi connectivity index (χ1v) is 3.37. The Hall–Kier alpha value is -1.38. The average Bonchev–Trinajstić information content (AvgIpc) is 2.45. The number of imidazole rings is 1. The first-order chi connectivity index (χ1) is 5.29. The van der Waals surface area contributed by atoms with Gasteiger partial charge in [-0.15, -0.1) is 0 Å². The quantitative estimate of drug-likeness (QED) is 0.611. The second-order valence-corrected chi connectivity index (χ2v) is 2.49. The van der Waals surface area contributed by atoms with Crippen LogP contribution in [0.1, 0.15) is 5.56 Å². The van der Waals surface area contributed by atoms with Gasteiger partial charge < -0.3 is 4.98 Å². The van der Waals surface area contributed by atoms with Crippen molar-refractivity contribution in [3.63, 3.8) is 0 Å². The first-order valence-electron chi connectivity index (χ1n) is 3.37. The molecule has 0 radical (unpaired) electrons. The van der Waals surface area contributed by atoms with E-state index in [0.29, 0.717) is 16.6 Å². The number of hydrogen-bond donors (Lipinski definition) is 1. The maximum atomic E-state index is 13.2. The maximum Gasteiger partial charge on any atom is 0.151 e. The number of rotatable bonds is 0. The van der Waals surface area contributed by atoms with Gasteiger partial charge in [0.1, 0.15) is 5.52 Å². The van der Waals surface area contributed by atoms with Gasteiger partial charge in [0.25, 0.3) is 0 Å². The second kappa shape index (κ2) is 2.05. The lowest BCUT2D eigenvalue weighted by molar-refractivity contribution is 0.628. The molecule has 0 aliphatic rings. The van der Waals surface area contributed by atoms with Gasteiger partial charge in [0.2, 0.25) is 0 Å². The third-order valence-corrected chi connectivity index (χ3v) is 1.73. The Morgan fingerprint density at radius 1 is 1.45 bits per heavy atom. The van der Waals surface area contributed by atoms with Crippen molar-refractivity contribution in [1.82, 2.24) is 9.97 Å². The van der Waals surface area contributed by atoms with E-state index in [2.05, 4.69) is 9.97 Å². The molecule has 2 aromatic rings. The number of hydrogen-bond acceptors (Lipinski definition) is 1. The molecule has 0 spiro atoms. The normalized spacial score (nSPS) is 10.7. The highest BCUT2D eigenvalue weighted by atomic mass is 19.1. The van der Waals surface area contributed by atoms with Crippen molar-refractivity contribution < 1.29 is 4.39 Å². The summed E-state index contributed by atoms with van der Waals surface area (Å²) in [6, 6.07) is 3.52. The fraction of sp³-hybridized carbons (Fsp3) is 0.125. The van der Waals surface area contributed by atoms with Gasteiger partial charge in [-0.05, 0) is 18.6 Å². The van der Waals surface area contributed by atoms with Crippen LogP contribution in [0.15, 0.2) is 18.5 Å². The minimum absolute atomic E-state index is 0.208. The van der Waals surface area contributed by atoms with E-state index in [1.165, 1.54) is 6.33 Å². The van der Waals surface area contributed by atoms with Crippen molar-refractivity contribution in [2.45, 2.75) is 6.92 Å². The van der Waals surface area contributed by atoms with Gasteiger partial charge in [0.15, 0.2) is 5.82 Å². The Morgan fingerprint density at radius 3 is 3.09 bits per heavy atom. The molecule has 0 aliphatic carbocycles. The molecule has 2 nitrogen and oxygen atoms in total. The highest BCUT2D eigenvalue weighted by Gasteiger charge is 2.04. The van der Waals surface area contributed by atoms with Gasteiger partial charge in [-0.2, -0.15) is 0 Å². The molecule has 0 bridgehead atoms. The molecule has 1 N–H and O–H groups in total. The zero-order valence-corrected chi connectivity index (χ0v) is 6.06. The van der Waals surface area contributed by atoms with E-state index in [-0.39, 0.29) is 5.82 Å². The summed E-state index contributed by atoms with van der Waals surface area (Å²) < 4.78 is 13.2. The fourth-order valence-corrected chi connectivity index (χ4v) is 1.08. The van der Waals surface area contributed by atoms with E-state index in [9.17, 15) is 4.39 Å². The lowest BCUT2D eigenvalue weighted by Gasteiger charge is -1.94. The number of nitrogens with zero attached hydrogens (tertiary/aromatic N) is 1. The molecule has 0 fully saturated rings. The summed E-state index contributed by atoms with van der Waals surface area (Å²) in [4.78, 5) is 6.67. The number of fused-ring (bicyclic) bond motifs is 1. The van der Waals surface area contributed by atoms with Crippen molar-refractivity contribution in [3.05, 3.63) is 29.8 Å². The predicted octanol–water partition coefficient (Wildman–Crippen LogP) is 2.01. The monoisotopic (exact) mass is 150 g/mol. The summed E-state index contributed by atoms with van der Waals surface area (Å²) in [5.74, 6) is -0.208. The third kappa shape index (κ3) is 0.808. The van der Waals surface area contributed by atoms with E-state index < -0.39 is 0 Å². The van der Waals surface area contributed by atoms with Crippen LogP contribution in [0.25, 0.3) is 11.0 Å². The van der Waals surface area contributed by atoms with Crippen molar-refractivity contribution in [2.75, 3.05) is 0 Å². The highest BCUT2D eigenvalue weighted by molar-refractivity contribution is 5.75. The Bertz CT molecular complexity index is 392. The molecule has 56 valence electrons. The van der Waals surface area contributed by atoms with Crippen LogP contribution in [-0.4, -0.2) is 9.97 Å². The summed E-state index contributed by atoms with van der Waals surface area (Å²) in [5, 5.41) is 0. The molecule has 0 saturated carbocycles. The molecule has 0 saturated heterocycles. The van der Waals surface area contributed by atoms with Crippen LogP contribution in [0.3, 0.4) is 0 Å². The summed E-state index contributed by atoms with van der Waals surface area (Å²) >= 11 is 0. The Morgan fingerprint density at radius 2 is 2.27 bits per heavy atom. The van der Waals surface area contributed by atoms with Crippen LogP contribution in [0.4, 0.5) is 4.39 Å². The molecule has 3 heteroatoms. The van der Waals surface area contributed by atoms with Crippen molar-refractivity contribution in [3.8, 4) is 0 Å². The summed E-state index contributed by atoms with van der Waals surface area (Å²) in [7, 11) is 0. The van der Waals surface area contributed by atoms with Gasteiger partial charge in [0.05, 0.1) is 11.8 Å². The molecule has 0 atom stereocenters. The van der Waals surface area contributed by atoms with Gasteiger partial charge in [0, 0.05) is 0 Å². The zero-order valence-electron chi connectivity index (χ0n) is 6.06. The molecule has 11 heavy (non-hydrogen) atoms. The van der Waals surface area contributed by atoms with Gasteiger partial charge in [-0.1, -0.05) is 6.07 Å². The highest BCUT2D eigenvalue weighted by Crippen LogP contribution is 2.16. The minimum Gasteiger partial charge on any atom is -0.342 e. The van der Waals surface area contributed by atoms with Gasteiger partial charge in [-0.25, -0.2) is 9.37 Å². The molecule has 0 amide bonds. The fourth-order valence-electron chi connectivity index (χ4n) is 1.08. The van der Waals surface area contributed by atoms with E-state index >= 15 is 0 Å². The van der Waals surface area contributed by atoms with E-state index in [1.54, 1.807) is 19.1 Å². The number of aryl methyl sites for hydroxylation is 1. The summed E-state index contributed by atoms with van der Waals surface area (Å²) in [6.07, 6.45) is 1.49. The molecular formula is C8H7FN2. The number of benzene rings is 1. The third-order valence-electron chi connectivity index (χ3n) is 1.73. The molecule has 1 heterocycles. The smallest absolute Gasteiger partial charge is 0.151 e. The van der Waals surface area contributed by atoms with Crippen LogP contribution in [0, 0.1) is 12.7 Å². The van der Waals surface area contributed by atoms with Crippen molar-refractivity contribution in [2.24, 2.45) is 0 Å². The van der Waals surface area contributed by atoms with E-state index in [1.807, 2.05) is 0 Å². The molecule has 0 aliphatic heterocycles. The minimum atomic E-state index is -0.208. The van der Waals surface area contributed by atoms with Crippen LogP contribution in [0.2, 0.25) is 0 Å². The number of aromatic amines is 1. The van der Waals surface area contributed by atoms with Crippen molar-refractivity contribution >= 4 is 11.0 Å². The zero-order chi connectivity index (χ0) is 7.84. The van der Waals surface area contributed by atoms with Crippen LogP contribution in [-0.2, 0) is 0 Å². The van der Waals surface area contributed by atoms with E-state index in [0.717, 1.165) is 0 Å². The largest absolute Gasteiger partial charge is 0.342 e. The molecule has 0 unspecified atom stereocenters. The maximum absolute atomic E-state index is 13.2. The van der Waals surface area contributed by atoms with Crippen LogP contribution >= 0.6 is 0 Å². The van der Waals surface area contributed by atoms with Gasteiger partial charge in [-0.3, -0.25) is 0 Å². The Kier molecular flexibility index (Phi) is 1.18. The number of halogens is 1.